The van der Waals surface area contributed by atoms with Gasteiger partial charge in [-0.05, 0) is 55.4 Å². The molecule has 1 saturated carbocycles. The quantitative estimate of drug-likeness (QED) is 0.866. The first-order valence-electron chi connectivity index (χ1n) is 6.69. The highest BCUT2D eigenvalue weighted by atomic mass is 35.5. The van der Waals surface area contributed by atoms with Crippen LogP contribution in [0.4, 0.5) is 4.39 Å². The second-order valence-corrected chi connectivity index (χ2v) is 5.90. The Morgan fingerprint density at radius 3 is 2.67 bits per heavy atom. The third-order valence-electron chi connectivity index (χ3n) is 4.14. The van der Waals surface area contributed by atoms with E-state index in [9.17, 15) is 9.50 Å². The summed E-state index contributed by atoms with van der Waals surface area (Å²) in [5.74, 6) is 0.438. The molecule has 0 radical (unpaired) electrons. The summed E-state index contributed by atoms with van der Waals surface area (Å²) in [4.78, 5) is 0. The molecule has 0 aromatic heterocycles. The molecule has 1 aromatic carbocycles. The topological polar surface area (TPSA) is 20.2 Å². The Bertz CT molecular complexity index is 411. The van der Waals surface area contributed by atoms with Crippen molar-refractivity contribution in [3.8, 4) is 0 Å². The average molecular weight is 271 g/mol. The molecule has 0 aliphatic heterocycles. The van der Waals surface area contributed by atoms with Gasteiger partial charge in [0.15, 0.2) is 0 Å². The molecule has 0 saturated heterocycles. The molecule has 0 spiro atoms. The van der Waals surface area contributed by atoms with Crippen molar-refractivity contribution in [2.75, 3.05) is 0 Å². The minimum atomic E-state index is -0.705. The molecule has 0 bridgehead atoms. The van der Waals surface area contributed by atoms with E-state index in [-0.39, 0.29) is 5.82 Å². The van der Waals surface area contributed by atoms with Gasteiger partial charge in [0.1, 0.15) is 5.82 Å². The lowest BCUT2D eigenvalue weighted by Gasteiger charge is -2.36. The average Bonchev–Trinajstić information content (AvgIpc) is 2.35. The van der Waals surface area contributed by atoms with Crippen LogP contribution in [0.3, 0.4) is 0 Å². The van der Waals surface area contributed by atoms with Gasteiger partial charge in [-0.2, -0.15) is 0 Å². The van der Waals surface area contributed by atoms with E-state index in [1.807, 2.05) is 0 Å². The third-order valence-corrected chi connectivity index (χ3v) is 4.51. The molecule has 1 nitrogen and oxygen atoms in total. The van der Waals surface area contributed by atoms with Gasteiger partial charge in [-0.3, -0.25) is 0 Å². The summed E-state index contributed by atoms with van der Waals surface area (Å²) in [6.07, 6.45) is 5.33. The zero-order valence-corrected chi connectivity index (χ0v) is 11.5. The summed E-state index contributed by atoms with van der Waals surface area (Å²) in [6, 6.07) is 4.35. The fourth-order valence-electron chi connectivity index (χ4n) is 2.83. The minimum absolute atomic E-state index is 0.291. The Hall–Kier alpha value is -0.600. The molecule has 18 heavy (non-hydrogen) atoms. The van der Waals surface area contributed by atoms with E-state index < -0.39 is 5.60 Å². The Balaban J connectivity index is 2.06. The predicted octanol–water partition coefficient (Wildman–Crippen LogP) is 4.35. The lowest BCUT2D eigenvalue weighted by Crippen LogP contribution is -2.36. The van der Waals surface area contributed by atoms with Crippen molar-refractivity contribution in [2.45, 2.75) is 51.0 Å². The zero-order valence-electron chi connectivity index (χ0n) is 10.8. The highest BCUT2D eigenvalue weighted by molar-refractivity contribution is 6.31. The van der Waals surface area contributed by atoms with Crippen molar-refractivity contribution in [1.82, 2.24) is 0 Å². The third kappa shape index (κ3) is 3.24. The van der Waals surface area contributed by atoms with Gasteiger partial charge in [-0.25, -0.2) is 4.39 Å². The summed E-state index contributed by atoms with van der Waals surface area (Å²) in [5, 5.41) is 11.1. The van der Waals surface area contributed by atoms with Crippen LogP contribution in [0.1, 0.15) is 44.6 Å². The van der Waals surface area contributed by atoms with Gasteiger partial charge in [0.2, 0.25) is 0 Å². The van der Waals surface area contributed by atoms with E-state index in [1.165, 1.54) is 18.6 Å². The minimum Gasteiger partial charge on any atom is -0.390 e. The molecule has 0 atom stereocenters. The van der Waals surface area contributed by atoms with Crippen molar-refractivity contribution in [1.29, 1.82) is 0 Å². The molecule has 0 heterocycles. The van der Waals surface area contributed by atoms with Gasteiger partial charge >= 0.3 is 0 Å². The van der Waals surface area contributed by atoms with Crippen molar-refractivity contribution >= 4 is 11.6 Å². The molecular formula is C15H20ClFO. The maximum atomic E-state index is 13.2. The number of benzene rings is 1. The van der Waals surface area contributed by atoms with Crippen LogP contribution in [0.15, 0.2) is 18.2 Å². The zero-order chi connectivity index (χ0) is 13.2. The first-order chi connectivity index (χ1) is 8.52. The molecular weight excluding hydrogens is 251 g/mol. The molecule has 0 amide bonds. The summed E-state index contributed by atoms with van der Waals surface area (Å²) in [6.45, 7) is 2.19. The molecule has 2 rings (SSSR count). The van der Waals surface area contributed by atoms with E-state index >= 15 is 0 Å². The van der Waals surface area contributed by atoms with Crippen LogP contribution in [0.2, 0.25) is 5.02 Å². The van der Waals surface area contributed by atoms with E-state index in [2.05, 4.69) is 6.92 Å². The van der Waals surface area contributed by atoms with Crippen LogP contribution in [0.25, 0.3) is 0 Å². The van der Waals surface area contributed by atoms with Crippen LogP contribution >= 0.6 is 11.6 Å². The van der Waals surface area contributed by atoms with Crippen molar-refractivity contribution in [3.05, 3.63) is 34.6 Å². The van der Waals surface area contributed by atoms with Gasteiger partial charge in [-0.1, -0.05) is 24.9 Å². The Labute approximate surface area is 113 Å². The number of halogens is 2. The maximum Gasteiger partial charge on any atom is 0.123 e. The van der Waals surface area contributed by atoms with Crippen molar-refractivity contribution in [3.63, 3.8) is 0 Å². The van der Waals surface area contributed by atoms with Crippen LogP contribution in [-0.2, 0) is 6.42 Å². The lowest BCUT2D eigenvalue weighted by molar-refractivity contribution is -0.00924. The largest absolute Gasteiger partial charge is 0.390 e. The molecule has 3 heteroatoms. The van der Waals surface area contributed by atoms with Gasteiger partial charge in [0.25, 0.3) is 0 Å². The van der Waals surface area contributed by atoms with Crippen LogP contribution in [0, 0.1) is 11.7 Å². The molecule has 1 fully saturated rings. The van der Waals surface area contributed by atoms with Crippen molar-refractivity contribution < 1.29 is 9.50 Å². The summed E-state index contributed by atoms with van der Waals surface area (Å²) in [5.41, 5.74) is 0.0115. The van der Waals surface area contributed by atoms with Crippen LogP contribution < -0.4 is 0 Å². The molecule has 1 aliphatic carbocycles. The molecule has 0 unspecified atom stereocenters. The van der Waals surface area contributed by atoms with Crippen LogP contribution in [-0.4, -0.2) is 10.7 Å². The van der Waals surface area contributed by atoms with Gasteiger partial charge < -0.3 is 5.11 Å². The maximum absolute atomic E-state index is 13.2. The number of hydrogen-bond donors (Lipinski definition) is 1. The summed E-state index contributed by atoms with van der Waals surface area (Å²) < 4.78 is 13.2. The Morgan fingerprint density at radius 2 is 2.06 bits per heavy atom. The van der Waals surface area contributed by atoms with E-state index in [0.717, 1.165) is 31.6 Å². The normalized spacial score (nSPS) is 28.3. The monoisotopic (exact) mass is 270 g/mol. The molecule has 1 N–H and O–H groups in total. The number of rotatable bonds is 3. The summed E-state index contributed by atoms with van der Waals surface area (Å²) in [7, 11) is 0. The van der Waals surface area contributed by atoms with E-state index in [1.54, 1.807) is 6.07 Å². The Morgan fingerprint density at radius 1 is 1.39 bits per heavy atom. The molecule has 100 valence electrons. The van der Waals surface area contributed by atoms with Crippen LogP contribution in [0.5, 0.6) is 0 Å². The van der Waals surface area contributed by atoms with E-state index in [0.29, 0.717) is 17.0 Å². The fraction of sp³-hybridized carbons (Fsp3) is 0.600. The lowest BCUT2D eigenvalue weighted by atomic mass is 9.75. The van der Waals surface area contributed by atoms with Gasteiger partial charge in [-0.15, -0.1) is 0 Å². The second kappa shape index (κ2) is 5.58. The van der Waals surface area contributed by atoms with Crippen molar-refractivity contribution in [2.24, 2.45) is 5.92 Å². The second-order valence-electron chi connectivity index (χ2n) is 5.49. The fourth-order valence-corrected chi connectivity index (χ4v) is 3.02. The number of aliphatic hydroxyl groups is 1. The van der Waals surface area contributed by atoms with Gasteiger partial charge in [0.05, 0.1) is 5.60 Å². The predicted molar refractivity (Wildman–Crippen MR) is 72.3 cm³/mol. The molecule has 1 aromatic rings. The molecule has 1 aliphatic rings. The smallest absolute Gasteiger partial charge is 0.123 e. The van der Waals surface area contributed by atoms with Gasteiger partial charge in [0, 0.05) is 11.4 Å². The highest BCUT2D eigenvalue weighted by Crippen LogP contribution is 2.36. The first kappa shape index (κ1) is 13.8. The SMILES string of the molecule is CCC1CCC(O)(Cc2cc(F)ccc2Cl)CC1. The number of hydrogen-bond acceptors (Lipinski definition) is 1. The Kier molecular flexibility index (Phi) is 4.29. The highest BCUT2D eigenvalue weighted by Gasteiger charge is 2.33. The van der Waals surface area contributed by atoms with E-state index in [4.69, 9.17) is 11.6 Å². The first-order valence-corrected chi connectivity index (χ1v) is 7.06. The standard InChI is InChI=1S/C15H20ClFO/c1-2-11-5-7-15(18,8-6-11)10-12-9-13(17)3-4-14(12)16/h3-4,9,11,18H,2,5-8,10H2,1H3. The summed E-state index contributed by atoms with van der Waals surface area (Å²) >= 11 is 6.06.